The van der Waals surface area contributed by atoms with Gasteiger partial charge in [-0.05, 0) is 44.7 Å². The molecule has 0 aliphatic heterocycles. The van der Waals surface area contributed by atoms with Crippen LogP contribution < -0.4 is 5.32 Å². The molecule has 0 unspecified atom stereocenters. The predicted octanol–water partition coefficient (Wildman–Crippen LogP) is 2.62. The van der Waals surface area contributed by atoms with Crippen molar-refractivity contribution in [2.75, 3.05) is 0 Å². The number of allylic oxidation sites excluding steroid dienone is 1. The van der Waals surface area contributed by atoms with Crippen LogP contribution in [0.4, 0.5) is 0 Å². The number of hydrogen-bond donors (Lipinski definition) is 1. The molecule has 1 aromatic rings. The molecular weight excluding hydrogens is 212 g/mol. The van der Waals surface area contributed by atoms with Crippen molar-refractivity contribution >= 4 is 5.91 Å². The topological polar surface area (TPSA) is 42.0 Å². The molecule has 0 aromatic carbocycles. The van der Waals surface area contributed by atoms with Gasteiger partial charge in [0.1, 0.15) is 0 Å². The van der Waals surface area contributed by atoms with E-state index in [1.165, 1.54) is 18.4 Å². The van der Waals surface area contributed by atoms with Gasteiger partial charge >= 0.3 is 0 Å². The third kappa shape index (κ3) is 3.41. The highest BCUT2D eigenvalue weighted by molar-refractivity contribution is 5.88. The van der Waals surface area contributed by atoms with Crippen molar-refractivity contribution in [3.63, 3.8) is 0 Å². The van der Waals surface area contributed by atoms with E-state index in [0.29, 0.717) is 5.92 Å². The lowest BCUT2D eigenvalue weighted by Crippen LogP contribution is -2.25. The lowest BCUT2D eigenvalue weighted by molar-refractivity contribution is -0.117. The molecule has 90 valence electrons. The lowest BCUT2D eigenvalue weighted by Gasteiger charge is -2.11. The summed E-state index contributed by atoms with van der Waals surface area (Å²) in [7, 11) is 0. The second kappa shape index (κ2) is 5.13. The maximum Gasteiger partial charge on any atom is 0.244 e. The third-order valence-electron chi connectivity index (χ3n) is 3.07. The summed E-state index contributed by atoms with van der Waals surface area (Å²) in [6.07, 6.45) is 5.91. The zero-order chi connectivity index (χ0) is 12.3. The van der Waals surface area contributed by atoms with Crippen LogP contribution in [0, 0.1) is 5.92 Å². The summed E-state index contributed by atoms with van der Waals surface area (Å²) in [6.45, 7) is 3.98. The largest absolute Gasteiger partial charge is 0.344 e. The van der Waals surface area contributed by atoms with Crippen molar-refractivity contribution in [2.24, 2.45) is 5.92 Å². The first-order valence-electron chi connectivity index (χ1n) is 6.06. The maximum absolute atomic E-state index is 11.8. The number of aromatic nitrogens is 1. The zero-order valence-electron chi connectivity index (χ0n) is 10.3. The molecule has 1 atom stereocenters. The number of amides is 1. The Kier molecular flexibility index (Phi) is 3.57. The first kappa shape index (κ1) is 11.8. The molecule has 1 heterocycles. The van der Waals surface area contributed by atoms with Crippen LogP contribution in [0.5, 0.6) is 0 Å². The molecule has 1 saturated carbocycles. The summed E-state index contributed by atoms with van der Waals surface area (Å²) >= 11 is 0. The van der Waals surface area contributed by atoms with Crippen molar-refractivity contribution in [1.82, 2.24) is 10.3 Å². The number of hydrogen-bond acceptors (Lipinski definition) is 2. The molecule has 0 spiro atoms. The molecule has 1 aliphatic rings. The molecule has 0 saturated heterocycles. The minimum Gasteiger partial charge on any atom is -0.344 e. The first-order valence-corrected chi connectivity index (χ1v) is 6.06. The Bertz CT molecular complexity index is 421. The lowest BCUT2D eigenvalue weighted by atomic mass is 10.1. The molecule has 1 aromatic heterocycles. The van der Waals surface area contributed by atoms with Crippen molar-refractivity contribution in [2.45, 2.75) is 32.7 Å². The van der Waals surface area contributed by atoms with Crippen LogP contribution in [0.3, 0.4) is 0 Å². The van der Waals surface area contributed by atoms with E-state index in [9.17, 15) is 4.79 Å². The average Bonchev–Trinajstić information content (AvgIpc) is 3.13. The molecule has 2 rings (SSSR count). The van der Waals surface area contributed by atoms with E-state index in [-0.39, 0.29) is 11.9 Å². The summed E-state index contributed by atoms with van der Waals surface area (Å²) in [6, 6.07) is 5.67. The van der Waals surface area contributed by atoms with Crippen molar-refractivity contribution in [1.29, 1.82) is 0 Å². The van der Waals surface area contributed by atoms with Crippen LogP contribution in [-0.2, 0) is 4.79 Å². The Balaban J connectivity index is 1.92. The highest BCUT2D eigenvalue weighted by Crippen LogP contribution is 2.35. The van der Waals surface area contributed by atoms with Gasteiger partial charge in [0.05, 0.1) is 11.7 Å². The number of pyridine rings is 1. The number of carbonyl (C=O) groups excluding carboxylic acids is 1. The smallest absolute Gasteiger partial charge is 0.244 e. The minimum absolute atomic E-state index is 0.0208. The standard InChI is InChI=1S/C14H18N2O/c1-10(12-6-7-12)9-14(17)16-11(2)13-5-3-4-8-15-13/h3-5,8-9,11-12H,6-7H2,1-2H3,(H,16,17)/b10-9-/t11-/m0/s1. The van der Waals surface area contributed by atoms with E-state index >= 15 is 0 Å². The Labute approximate surface area is 102 Å². The highest BCUT2D eigenvalue weighted by atomic mass is 16.1. The maximum atomic E-state index is 11.8. The molecule has 0 radical (unpaired) electrons. The summed E-state index contributed by atoms with van der Waals surface area (Å²) in [5, 5.41) is 2.93. The molecule has 1 fully saturated rings. The number of rotatable bonds is 4. The quantitative estimate of drug-likeness (QED) is 0.808. The second-order valence-corrected chi connectivity index (χ2v) is 4.65. The summed E-state index contributed by atoms with van der Waals surface area (Å²) in [5.41, 5.74) is 2.08. The Morgan fingerprint density at radius 2 is 2.29 bits per heavy atom. The van der Waals surface area contributed by atoms with Crippen LogP contribution >= 0.6 is 0 Å². The molecular formula is C14H18N2O. The average molecular weight is 230 g/mol. The summed E-state index contributed by atoms with van der Waals surface area (Å²) in [4.78, 5) is 16.0. The first-order chi connectivity index (χ1) is 8.16. The van der Waals surface area contributed by atoms with Gasteiger partial charge in [-0.25, -0.2) is 0 Å². The van der Waals surface area contributed by atoms with Crippen LogP contribution in [0.1, 0.15) is 38.4 Å². The Morgan fingerprint density at radius 3 is 2.88 bits per heavy atom. The van der Waals surface area contributed by atoms with Crippen LogP contribution in [0.2, 0.25) is 0 Å². The number of nitrogens with zero attached hydrogens (tertiary/aromatic N) is 1. The summed E-state index contributed by atoms with van der Waals surface area (Å²) < 4.78 is 0. The van der Waals surface area contributed by atoms with E-state index in [1.54, 1.807) is 12.3 Å². The fraction of sp³-hybridized carbons (Fsp3) is 0.429. The van der Waals surface area contributed by atoms with E-state index in [2.05, 4.69) is 10.3 Å². The van der Waals surface area contributed by atoms with Crippen molar-refractivity contribution in [3.8, 4) is 0 Å². The SMILES string of the molecule is C/C(=C/C(=O)N[C@@H](C)c1ccccn1)C1CC1. The number of nitrogens with one attached hydrogen (secondary N) is 1. The fourth-order valence-electron chi connectivity index (χ4n) is 1.82. The van der Waals surface area contributed by atoms with Crippen LogP contribution in [0.15, 0.2) is 36.0 Å². The molecule has 3 nitrogen and oxygen atoms in total. The second-order valence-electron chi connectivity index (χ2n) is 4.65. The van der Waals surface area contributed by atoms with Gasteiger partial charge in [-0.15, -0.1) is 0 Å². The van der Waals surface area contributed by atoms with Crippen molar-refractivity contribution in [3.05, 3.63) is 41.7 Å². The van der Waals surface area contributed by atoms with Crippen LogP contribution in [0.25, 0.3) is 0 Å². The molecule has 1 amide bonds. The monoisotopic (exact) mass is 230 g/mol. The van der Waals surface area contributed by atoms with Gasteiger partial charge < -0.3 is 5.32 Å². The fourth-order valence-corrected chi connectivity index (χ4v) is 1.82. The third-order valence-corrected chi connectivity index (χ3v) is 3.07. The van der Waals surface area contributed by atoms with Gasteiger partial charge in [-0.2, -0.15) is 0 Å². The van der Waals surface area contributed by atoms with E-state index in [4.69, 9.17) is 0 Å². The van der Waals surface area contributed by atoms with Crippen LogP contribution in [-0.4, -0.2) is 10.9 Å². The molecule has 3 heteroatoms. The molecule has 17 heavy (non-hydrogen) atoms. The Hall–Kier alpha value is -1.64. The van der Waals surface area contributed by atoms with Crippen molar-refractivity contribution < 1.29 is 4.79 Å². The highest BCUT2D eigenvalue weighted by Gasteiger charge is 2.23. The number of carbonyl (C=O) groups is 1. The molecule has 1 aliphatic carbocycles. The van der Waals surface area contributed by atoms with Gasteiger partial charge in [-0.3, -0.25) is 9.78 Å². The normalized spacial score (nSPS) is 17.6. The van der Waals surface area contributed by atoms with Gasteiger partial charge in [0.15, 0.2) is 0 Å². The Morgan fingerprint density at radius 1 is 1.53 bits per heavy atom. The molecule has 0 bridgehead atoms. The zero-order valence-corrected chi connectivity index (χ0v) is 10.3. The van der Waals surface area contributed by atoms with E-state index < -0.39 is 0 Å². The van der Waals surface area contributed by atoms with Gasteiger partial charge in [0.25, 0.3) is 0 Å². The van der Waals surface area contributed by atoms with Gasteiger partial charge in [0, 0.05) is 12.3 Å². The summed E-state index contributed by atoms with van der Waals surface area (Å²) in [5.74, 6) is 0.624. The van der Waals surface area contributed by atoms with Gasteiger partial charge in [-0.1, -0.05) is 11.6 Å². The predicted molar refractivity (Wildman–Crippen MR) is 67.3 cm³/mol. The van der Waals surface area contributed by atoms with Gasteiger partial charge in [0.2, 0.25) is 5.91 Å². The minimum atomic E-state index is -0.0491. The van der Waals surface area contributed by atoms with E-state index in [1.807, 2.05) is 32.0 Å². The molecule has 1 N–H and O–H groups in total. The van der Waals surface area contributed by atoms with E-state index in [0.717, 1.165) is 5.69 Å².